The summed E-state index contributed by atoms with van der Waals surface area (Å²) in [5.74, 6) is 2.55. The molecule has 0 aliphatic heterocycles. The summed E-state index contributed by atoms with van der Waals surface area (Å²) in [5, 5.41) is 2.37. The molecule has 0 bridgehead atoms. The summed E-state index contributed by atoms with van der Waals surface area (Å²) in [7, 11) is 2.07. The lowest BCUT2D eigenvalue weighted by Gasteiger charge is -2.13. The van der Waals surface area contributed by atoms with E-state index in [1.807, 2.05) is 48.7 Å². The van der Waals surface area contributed by atoms with Gasteiger partial charge in [0.1, 0.15) is 17.3 Å². The second-order valence-corrected chi connectivity index (χ2v) is 11.2. The average molecular weight is 583 g/mol. The van der Waals surface area contributed by atoms with Gasteiger partial charge in [0.2, 0.25) is 0 Å². The third-order valence-corrected chi connectivity index (χ3v) is 8.56. The van der Waals surface area contributed by atoms with Gasteiger partial charge in [-0.3, -0.25) is 4.98 Å². The second kappa shape index (κ2) is 9.96. The minimum atomic E-state index is 0.809. The number of hydrogen-bond acceptors (Lipinski definition) is 4. The van der Waals surface area contributed by atoms with Crippen LogP contribution in [0.15, 0.2) is 149 Å². The molecule has 0 aliphatic rings. The summed E-state index contributed by atoms with van der Waals surface area (Å²) in [5.41, 5.74) is 10.2. The molecule has 0 N–H and O–H groups in total. The number of pyridine rings is 1. The van der Waals surface area contributed by atoms with Crippen molar-refractivity contribution < 1.29 is 8.83 Å². The van der Waals surface area contributed by atoms with E-state index in [4.69, 9.17) is 13.8 Å². The van der Waals surface area contributed by atoms with E-state index in [0.717, 1.165) is 73.0 Å². The molecule has 0 saturated heterocycles. The van der Waals surface area contributed by atoms with Gasteiger partial charge in [0.15, 0.2) is 0 Å². The number of imidazole rings is 1. The fourth-order valence-corrected chi connectivity index (χ4v) is 6.44. The van der Waals surface area contributed by atoms with Crippen LogP contribution in [0.1, 0.15) is 0 Å². The standard InChI is InChI=1S/C39H26N4O2/c1-42-36-23-25(37-11-6-18-44-37)14-16-33(36)41-39(42)26-13-15-31-30-8-2-3-10-34(30)43(35(31)24-26)29-21-27(32-9-4-5-17-40-32)20-28(22-29)38-12-7-19-45-38/h2-24H,1H3. The van der Waals surface area contributed by atoms with Crippen LogP contribution >= 0.6 is 0 Å². The number of aromatic nitrogens is 4. The van der Waals surface area contributed by atoms with E-state index < -0.39 is 0 Å². The van der Waals surface area contributed by atoms with Crippen LogP contribution in [-0.2, 0) is 7.05 Å². The van der Waals surface area contributed by atoms with Crippen molar-refractivity contribution in [3.05, 3.63) is 140 Å². The van der Waals surface area contributed by atoms with Crippen molar-refractivity contribution in [2.24, 2.45) is 7.05 Å². The third kappa shape index (κ3) is 4.11. The van der Waals surface area contributed by atoms with Crippen LogP contribution in [-0.4, -0.2) is 19.1 Å². The summed E-state index contributed by atoms with van der Waals surface area (Å²) in [6, 6.07) is 41.8. The molecule has 9 rings (SSSR count). The van der Waals surface area contributed by atoms with Gasteiger partial charge in [-0.25, -0.2) is 4.98 Å². The molecule has 0 unspecified atom stereocenters. The Morgan fingerprint density at radius 2 is 1.29 bits per heavy atom. The molecule has 6 heteroatoms. The number of furan rings is 2. The van der Waals surface area contributed by atoms with E-state index in [1.165, 1.54) is 10.8 Å². The molecule has 0 aliphatic carbocycles. The molecule has 214 valence electrons. The molecule has 0 radical (unpaired) electrons. The Balaban J connectivity index is 1.28. The highest BCUT2D eigenvalue weighted by Crippen LogP contribution is 2.38. The summed E-state index contributed by atoms with van der Waals surface area (Å²) >= 11 is 0. The lowest BCUT2D eigenvalue weighted by molar-refractivity contribution is 0.582. The third-order valence-electron chi connectivity index (χ3n) is 8.56. The van der Waals surface area contributed by atoms with E-state index in [1.54, 1.807) is 12.5 Å². The van der Waals surface area contributed by atoms with E-state index in [-0.39, 0.29) is 0 Å². The Morgan fingerprint density at radius 3 is 2.09 bits per heavy atom. The molecule has 9 aromatic rings. The molecular formula is C39H26N4O2. The monoisotopic (exact) mass is 582 g/mol. The predicted octanol–water partition coefficient (Wildman–Crippen LogP) is 9.92. The van der Waals surface area contributed by atoms with E-state index in [0.29, 0.717) is 0 Å². The molecule has 0 fully saturated rings. The molecule has 5 heterocycles. The fraction of sp³-hybridized carbons (Fsp3) is 0.0256. The van der Waals surface area contributed by atoms with Gasteiger partial charge in [-0.1, -0.05) is 36.4 Å². The average Bonchev–Trinajstić information content (AvgIpc) is 3.91. The normalized spacial score (nSPS) is 11.7. The smallest absolute Gasteiger partial charge is 0.140 e. The first-order valence-corrected chi connectivity index (χ1v) is 14.9. The van der Waals surface area contributed by atoms with Gasteiger partial charge in [-0.05, 0) is 84.9 Å². The van der Waals surface area contributed by atoms with E-state index in [2.05, 4.69) is 100 Å². The highest BCUT2D eigenvalue weighted by Gasteiger charge is 2.18. The second-order valence-electron chi connectivity index (χ2n) is 11.2. The topological polar surface area (TPSA) is 61.9 Å². The van der Waals surface area contributed by atoms with Crippen LogP contribution < -0.4 is 0 Å². The van der Waals surface area contributed by atoms with E-state index in [9.17, 15) is 0 Å². The lowest BCUT2D eigenvalue weighted by atomic mass is 10.0. The van der Waals surface area contributed by atoms with Crippen LogP contribution in [0.4, 0.5) is 0 Å². The van der Waals surface area contributed by atoms with Gasteiger partial charge in [-0.15, -0.1) is 0 Å². The van der Waals surface area contributed by atoms with Crippen LogP contribution in [0.2, 0.25) is 0 Å². The van der Waals surface area contributed by atoms with Crippen LogP contribution in [0.5, 0.6) is 0 Å². The Kier molecular flexibility index (Phi) is 5.62. The number of nitrogens with zero attached hydrogens (tertiary/aromatic N) is 4. The minimum absolute atomic E-state index is 0.809. The molecule has 0 atom stereocenters. The Morgan fingerprint density at radius 1 is 0.556 bits per heavy atom. The summed E-state index contributed by atoms with van der Waals surface area (Å²) < 4.78 is 16.0. The van der Waals surface area contributed by atoms with Crippen molar-refractivity contribution in [2.75, 3.05) is 0 Å². The van der Waals surface area contributed by atoms with Crippen molar-refractivity contribution in [3.63, 3.8) is 0 Å². The highest BCUT2D eigenvalue weighted by atomic mass is 16.3. The van der Waals surface area contributed by atoms with Crippen molar-refractivity contribution in [1.82, 2.24) is 19.1 Å². The number of aryl methyl sites for hydroxylation is 1. The summed E-state index contributed by atoms with van der Waals surface area (Å²) in [6.07, 6.45) is 5.24. The number of para-hydroxylation sites is 1. The maximum atomic E-state index is 5.86. The van der Waals surface area contributed by atoms with Gasteiger partial charge in [0, 0.05) is 52.0 Å². The largest absolute Gasteiger partial charge is 0.464 e. The molecule has 0 spiro atoms. The summed E-state index contributed by atoms with van der Waals surface area (Å²) in [4.78, 5) is 9.74. The molecular weight excluding hydrogens is 556 g/mol. The van der Waals surface area contributed by atoms with Crippen LogP contribution in [0, 0.1) is 0 Å². The predicted molar refractivity (Wildman–Crippen MR) is 179 cm³/mol. The highest BCUT2D eigenvalue weighted by molar-refractivity contribution is 6.10. The number of rotatable bonds is 5. The fourth-order valence-electron chi connectivity index (χ4n) is 6.44. The quantitative estimate of drug-likeness (QED) is 0.203. The Bertz CT molecular complexity index is 2480. The van der Waals surface area contributed by atoms with Crippen molar-refractivity contribution in [2.45, 2.75) is 0 Å². The first-order chi connectivity index (χ1) is 22.2. The van der Waals surface area contributed by atoms with Crippen molar-refractivity contribution >= 4 is 32.8 Å². The maximum absolute atomic E-state index is 5.86. The molecule has 0 saturated carbocycles. The van der Waals surface area contributed by atoms with Crippen LogP contribution in [0.3, 0.4) is 0 Å². The lowest BCUT2D eigenvalue weighted by Crippen LogP contribution is -1.97. The molecule has 45 heavy (non-hydrogen) atoms. The van der Waals surface area contributed by atoms with Gasteiger partial charge in [-0.2, -0.15) is 0 Å². The zero-order valence-electron chi connectivity index (χ0n) is 24.4. The zero-order chi connectivity index (χ0) is 29.9. The Hall–Kier alpha value is -6.14. The van der Waals surface area contributed by atoms with Gasteiger partial charge < -0.3 is 18.0 Å². The Labute approximate surface area is 258 Å². The zero-order valence-corrected chi connectivity index (χ0v) is 24.4. The number of benzene rings is 4. The first-order valence-electron chi connectivity index (χ1n) is 14.9. The van der Waals surface area contributed by atoms with Crippen LogP contribution in [0.25, 0.3) is 83.8 Å². The SMILES string of the molecule is Cn1c(-c2ccc3c4ccccc4n(-c4cc(-c5ccccn5)cc(-c5ccco5)c4)c3c2)nc2ccc(-c3ccco3)cc21. The maximum Gasteiger partial charge on any atom is 0.140 e. The minimum Gasteiger partial charge on any atom is -0.464 e. The first kappa shape index (κ1) is 25.4. The van der Waals surface area contributed by atoms with Gasteiger partial charge in [0.05, 0.1) is 40.3 Å². The molecule has 4 aromatic carbocycles. The number of fused-ring (bicyclic) bond motifs is 4. The van der Waals surface area contributed by atoms with Crippen molar-refractivity contribution in [3.8, 4) is 51.0 Å². The number of hydrogen-bond donors (Lipinski definition) is 0. The summed E-state index contributed by atoms with van der Waals surface area (Å²) in [6.45, 7) is 0. The van der Waals surface area contributed by atoms with Crippen molar-refractivity contribution in [1.29, 1.82) is 0 Å². The molecule has 0 amide bonds. The van der Waals surface area contributed by atoms with Gasteiger partial charge >= 0.3 is 0 Å². The van der Waals surface area contributed by atoms with E-state index >= 15 is 0 Å². The van der Waals surface area contributed by atoms with Gasteiger partial charge in [0.25, 0.3) is 0 Å². The molecule has 5 aromatic heterocycles. The molecule has 6 nitrogen and oxygen atoms in total.